The molecular formula is C17H30N2O4. The summed E-state index contributed by atoms with van der Waals surface area (Å²) >= 11 is 0. The van der Waals surface area contributed by atoms with Crippen molar-refractivity contribution in [3.63, 3.8) is 0 Å². The molecule has 0 aliphatic heterocycles. The van der Waals surface area contributed by atoms with Gasteiger partial charge in [0.1, 0.15) is 6.04 Å². The number of hydrogen-bond acceptors (Lipinski definition) is 3. The molecule has 0 spiro atoms. The SMILES string of the molecule is CC(NC(=O)C(C)(C)C)C(=O)NC1CCCCCCC1C(=O)O. The highest BCUT2D eigenvalue weighted by atomic mass is 16.4. The molecule has 3 N–H and O–H groups in total. The van der Waals surface area contributed by atoms with E-state index >= 15 is 0 Å². The van der Waals surface area contributed by atoms with Crippen molar-refractivity contribution in [1.82, 2.24) is 10.6 Å². The standard InChI is InChI=1S/C17H30N2O4/c1-11(18-16(23)17(2,3)4)14(20)19-13-10-8-6-5-7-9-12(13)15(21)22/h11-13H,5-10H2,1-4H3,(H,18,23)(H,19,20)(H,21,22). The van der Waals surface area contributed by atoms with Crippen LogP contribution in [0.1, 0.15) is 66.2 Å². The fourth-order valence-electron chi connectivity index (χ4n) is 2.74. The third-order valence-corrected chi connectivity index (χ3v) is 4.33. The van der Waals surface area contributed by atoms with Gasteiger partial charge < -0.3 is 15.7 Å². The van der Waals surface area contributed by atoms with Crippen LogP contribution < -0.4 is 10.6 Å². The minimum Gasteiger partial charge on any atom is -0.481 e. The van der Waals surface area contributed by atoms with Crippen LogP contribution in [0.2, 0.25) is 0 Å². The summed E-state index contributed by atoms with van der Waals surface area (Å²) in [6, 6.07) is -1.05. The van der Waals surface area contributed by atoms with Gasteiger partial charge >= 0.3 is 5.97 Å². The predicted octanol–water partition coefficient (Wildman–Crippen LogP) is 2.08. The van der Waals surface area contributed by atoms with Crippen molar-refractivity contribution >= 4 is 17.8 Å². The minimum atomic E-state index is -0.858. The lowest BCUT2D eigenvalue weighted by Crippen LogP contribution is -2.52. The fraction of sp³-hybridized carbons (Fsp3) is 0.824. The van der Waals surface area contributed by atoms with Crippen molar-refractivity contribution in [3.05, 3.63) is 0 Å². The van der Waals surface area contributed by atoms with Crippen molar-refractivity contribution in [1.29, 1.82) is 0 Å². The number of aliphatic carboxylic acids is 1. The zero-order chi connectivity index (χ0) is 17.6. The zero-order valence-electron chi connectivity index (χ0n) is 14.6. The Morgan fingerprint density at radius 2 is 1.61 bits per heavy atom. The molecule has 6 nitrogen and oxygen atoms in total. The average Bonchev–Trinajstić information content (AvgIpc) is 2.39. The molecule has 3 unspecified atom stereocenters. The van der Waals surface area contributed by atoms with Crippen molar-refractivity contribution in [2.75, 3.05) is 0 Å². The van der Waals surface area contributed by atoms with Crippen molar-refractivity contribution in [2.24, 2.45) is 11.3 Å². The molecule has 132 valence electrons. The van der Waals surface area contributed by atoms with Crippen LogP contribution in [0.25, 0.3) is 0 Å². The van der Waals surface area contributed by atoms with E-state index in [-0.39, 0.29) is 17.9 Å². The number of nitrogens with one attached hydrogen (secondary N) is 2. The maximum atomic E-state index is 12.3. The molecule has 0 aromatic carbocycles. The normalized spacial score (nSPS) is 24.0. The van der Waals surface area contributed by atoms with Gasteiger partial charge in [0.25, 0.3) is 0 Å². The third-order valence-electron chi connectivity index (χ3n) is 4.33. The molecule has 23 heavy (non-hydrogen) atoms. The molecule has 0 bridgehead atoms. The predicted molar refractivity (Wildman–Crippen MR) is 87.8 cm³/mol. The summed E-state index contributed by atoms with van der Waals surface area (Å²) in [4.78, 5) is 35.8. The highest BCUT2D eigenvalue weighted by molar-refractivity contribution is 5.89. The van der Waals surface area contributed by atoms with Gasteiger partial charge in [-0.1, -0.05) is 46.5 Å². The van der Waals surface area contributed by atoms with Gasteiger partial charge in [0.15, 0.2) is 0 Å². The Kier molecular flexibility index (Phi) is 7.03. The second-order valence-corrected chi connectivity index (χ2v) is 7.50. The second kappa shape index (κ2) is 8.31. The fourth-order valence-corrected chi connectivity index (χ4v) is 2.74. The first-order valence-electron chi connectivity index (χ1n) is 8.47. The van der Waals surface area contributed by atoms with Crippen LogP contribution >= 0.6 is 0 Å². The quantitative estimate of drug-likeness (QED) is 0.737. The Labute approximate surface area is 138 Å². The van der Waals surface area contributed by atoms with Gasteiger partial charge in [0.05, 0.1) is 5.92 Å². The van der Waals surface area contributed by atoms with Crippen LogP contribution in [0.4, 0.5) is 0 Å². The second-order valence-electron chi connectivity index (χ2n) is 7.50. The number of carbonyl (C=O) groups is 3. The van der Waals surface area contributed by atoms with Crippen LogP contribution in [-0.4, -0.2) is 35.0 Å². The Morgan fingerprint density at radius 3 is 2.13 bits per heavy atom. The smallest absolute Gasteiger partial charge is 0.308 e. The van der Waals surface area contributed by atoms with Gasteiger partial charge in [-0.2, -0.15) is 0 Å². The number of carboxylic acid groups (broad SMARTS) is 1. The van der Waals surface area contributed by atoms with Gasteiger partial charge in [-0.3, -0.25) is 14.4 Å². The maximum absolute atomic E-state index is 12.3. The number of carboxylic acids is 1. The number of hydrogen-bond donors (Lipinski definition) is 3. The monoisotopic (exact) mass is 326 g/mol. The molecule has 1 rings (SSSR count). The third kappa shape index (κ3) is 6.20. The molecule has 1 aliphatic carbocycles. The van der Waals surface area contributed by atoms with E-state index in [2.05, 4.69) is 10.6 Å². The van der Waals surface area contributed by atoms with Crippen molar-refractivity contribution < 1.29 is 19.5 Å². The van der Waals surface area contributed by atoms with Crippen molar-refractivity contribution in [3.8, 4) is 0 Å². The summed E-state index contributed by atoms with van der Waals surface area (Å²) in [5.41, 5.74) is -0.571. The summed E-state index contributed by atoms with van der Waals surface area (Å²) in [5, 5.41) is 14.9. The van der Waals surface area contributed by atoms with E-state index in [0.717, 1.165) is 25.7 Å². The Hall–Kier alpha value is -1.59. The first kappa shape index (κ1) is 19.5. The maximum Gasteiger partial charge on any atom is 0.308 e. The number of carbonyl (C=O) groups excluding carboxylic acids is 2. The molecule has 0 aromatic rings. The molecular weight excluding hydrogens is 296 g/mol. The van der Waals surface area contributed by atoms with Crippen LogP contribution in [-0.2, 0) is 14.4 Å². The van der Waals surface area contributed by atoms with Crippen LogP contribution in [0.15, 0.2) is 0 Å². The molecule has 0 radical (unpaired) electrons. The summed E-state index contributed by atoms with van der Waals surface area (Å²) in [6.45, 7) is 6.96. The molecule has 0 aromatic heterocycles. The molecule has 1 aliphatic rings. The van der Waals surface area contributed by atoms with Crippen LogP contribution in [0.3, 0.4) is 0 Å². The minimum absolute atomic E-state index is 0.201. The summed E-state index contributed by atoms with van der Waals surface area (Å²) in [7, 11) is 0. The molecule has 1 fully saturated rings. The van der Waals surface area contributed by atoms with Crippen LogP contribution in [0, 0.1) is 11.3 Å². The lowest BCUT2D eigenvalue weighted by Gasteiger charge is -2.29. The van der Waals surface area contributed by atoms with Crippen molar-refractivity contribution in [2.45, 2.75) is 78.3 Å². The summed E-state index contributed by atoms with van der Waals surface area (Å²) < 4.78 is 0. The lowest BCUT2D eigenvalue weighted by atomic mass is 9.86. The van der Waals surface area contributed by atoms with Gasteiger partial charge in [0, 0.05) is 11.5 Å². The van der Waals surface area contributed by atoms with Gasteiger partial charge in [0.2, 0.25) is 11.8 Å². The Bertz CT molecular complexity index is 442. The average molecular weight is 326 g/mol. The molecule has 1 saturated carbocycles. The molecule has 3 atom stereocenters. The summed E-state index contributed by atoms with van der Waals surface area (Å²) in [6.07, 6.45) is 5.15. The van der Waals surface area contributed by atoms with E-state index in [9.17, 15) is 19.5 Å². The van der Waals surface area contributed by atoms with E-state index in [0.29, 0.717) is 12.8 Å². The van der Waals surface area contributed by atoms with E-state index in [1.807, 2.05) is 0 Å². The molecule has 0 saturated heterocycles. The zero-order valence-corrected chi connectivity index (χ0v) is 14.6. The Balaban J connectivity index is 2.67. The Morgan fingerprint density at radius 1 is 1.04 bits per heavy atom. The number of amides is 2. The van der Waals surface area contributed by atoms with E-state index < -0.39 is 23.3 Å². The molecule has 0 heterocycles. The van der Waals surface area contributed by atoms with E-state index in [1.54, 1.807) is 27.7 Å². The molecule has 6 heteroatoms. The molecule has 2 amide bonds. The van der Waals surface area contributed by atoms with Gasteiger partial charge in [-0.15, -0.1) is 0 Å². The van der Waals surface area contributed by atoms with E-state index in [1.165, 1.54) is 0 Å². The van der Waals surface area contributed by atoms with E-state index in [4.69, 9.17) is 0 Å². The largest absolute Gasteiger partial charge is 0.481 e. The highest BCUT2D eigenvalue weighted by Crippen LogP contribution is 2.23. The van der Waals surface area contributed by atoms with Gasteiger partial charge in [-0.05, 0) is 19.8 Å². The number of rotatable bonds is 4. The highest BCUT2D eigenvalue weighted by Gasteiger charge is 2.32. The van der Waals surface area contributed by atoms with Gasteiger partial charge in [-0.25, -0.2) is 0 Å². The summed E-state index contributed by atoms with van der Waals surface area (Å²) in [5.74, 6) is -1.93. The first-order valence-corrected chi connectivity index (χ1v) is 8.47. The lowest BCUT2D eigenvalue weighted by molar-refractivity contribution is -0.144. The topological polar surface area (TPSA) is 95.5 Å². The van der Waals surface area contributed by atoms with Crippen LogP contribution in [0.5, 0.6) is 0 Å². The first-order chi connectivity index (χ1) is 10.6.